The second kappa shape index (κ2) is 10.7. The zero-order valence-corrected chi connectivity index (χ0v) is 21.0. The SMILES string of the molecule is COc1ccc(CNc2nc(C)cc(N3CCCC(NC(=O)OC(C)(C)C)C3)c2N)c(OC)c1. The van der Waals surface area contributed by atoms with Crippen LogP contribution in [0, 0.1) is 6.92 Å². The molecule has 0 bridgehead atoms. The highest BCUT2D eigenvalue weighted by molar-refractivity contribution is 5.79. The Hall–Kier alpha value is -3.36. The van der Waals surface area contributed by atoms with Crippen molar-refractivity contribution in [3.8, 4) is 11.5 Å². The molecule has 1 saturated heterocycles. The van der Waals surface area contributed by atoms with Crippen molar-refractivity contribution in [3.05, 3.63) is 35.5 Å². The number of nitrogens with one attached hydrogen (secondary N) is 2. The van der Waals surface area contributed by atoms with E-state index in [9.17, 15) is 4.79 Å². The average molecular weight is 472 g/mol. The van der Waals surface area contributed by atoms with Gasteiger partial charge in [-0.05, 0) is 58.7 Å². The van der Waals surface area contributed by atoms with Gasteiger partial charge in [0.1, 0.15) is 17.1 Å². The first-order chi connectivity index (χ1) is 16.1. The molecule has 1 fully saturated rings. The van der Waals surface area contributed by atoms with Crippen molar-refractivity contribution in [2.45, 2.75) is 58.7 Å². The summed E-state index contributed by atoms with van der Waals surface area (Å²) in [6.07, 6.45) is 1.43. The summed E-state index contributed by atoms with van der Waals surface area (Å²) in [6, 6.07) is 7.67. The topological polar surface area (TPSA) is 111 Å². The number of amides is 1. The van der Waals surface area contributed by atoms with E-state index in [-0.39, 0.29) is 6.04 Å². The molecule has 4 N–H and O–H groups in total. The van der Waals surface area contributed by atoms with Crippen molar-refractivity contribution in [1.29, 1.82) is 0 Å². The van der Waals surface area contributed by atoms with Gasteiger partial charge in [-0.25, -0.2) is 9.78 Å². The van der Waals surface area contributed by atoms with Gasteiger partial charge in [-0.2, -0.15) is 0 Å². The lowest BCUT2D eigenvalue weighted by atomic mass is 10.0. The van der Waals surface area contributed by atoms with Crippen LogP contribution in [0.5, 0.6) is 11.5 Å². The van der Waals surface area contributed by atoms with Gasteiger partial charge in [0, 0.05) is 43.0 Å². The van der Waals surface area contributed by atoms with Crippen molar-refractivity contribution in [2.24, 2.45) is 0 Å². The fourth-order valence-corrected chi connectivity index (χ4v) is 4.03. The third-order valence-electron chi connectivity index (χ3n) is 5.59. The van der Waals surface area contributed by atoms with E-state index < -0.39 is 11.7 Å². The Morgan fingerprint density at radius 2 is 2.00 bits per heavy atom. The lowest BCUT2D eigenvalue weighted by Gasteiger charge is -2.36. The van der Waals surface area contributed by atoms with Crippen LogP contribution in [-0.2, 0) is 11.3 Å². The molecule has 1 aromatic carbocycles. The fourth-order valence-electron chi connectivity index (χ4n) is 4.03. The number of hydrogen-bond acceptors (Lipinski definition) is 8. The van der Waals surface area contributed by atoms with Crippen LogP contribution in [0.15, 0.2) is 24.3 Å². The monoisotopic (exact) mass is 471 g/mol. The predicted octanol–water partition coefficient (Wildman–Crippen LogP) is 4.10. The highest BCUT2D eigenvalue weighted by Crippen LogP contribution is 2.33. The number of carbonyl (C=O) groups is 1. The lowest BCUT2D eigenvalue weighted by molar-refractivity contribution is 0.0500. The molecule has 186 valence electrons. The lowest BCUT2D eigenvalue weighted by Crippen LogP contribution is -2.49. The van der Waals surface area contributed by atoms with Crippen molar-refractivity contribution in [3.63, 3.8) is 0 Å². The molecular formula is C25H37N5O4. The number of anilines is 3. The van der Waals surface area contributed by atoms with Crippen molar-refractivity contribution < 1.29 is 19.0 Å². The molecule has 2 aromatic rings. The summed E-state index contributed by atoms with van der Waals surface area (Å²) in [4.78, 5) is 19.1. The number of nitrogen functional groups attached to an aromatic ring is 1. The van der Waals surface area contributed by atoms with E-state index in [0.717, 1.165) is 47.8 Å². The zero-order valence-electron chi connectivity index (χ0n) is 21.0. The molecule has 0 saturated carbocycles. The Morgan fingerprint density at radius 1 is 1.24 bits per heavy atom. The molecule has 1 atom stereocenters. The largest absolute Gasteiger partial charge is 0.497 e. The van der Waals surface area contributed by atoms with Crippen LogP contribution in [0.4, 0.5) is 22.0 Å². The zero-order chi connectivity index (χ0) is 24.9. The summed E-state index contributed by atoms with van der Waals surface area (Å²) in [5, 5.41) is 6.35. The Kier molecular flexibility index (Phi) is 7.96. The normalized spacial score (nSPS) is 16.1. The Bertz CT molecular complexity index is 1010. The van der Waals surface area contributed by atoms with E-state index >= 15 is 0 Å². The molecule has 1 aliphatic rings. The van der Waals surface area contributed by atoms with Crippen LogP contribution < -0.4 is 30.7 Å². The molecule has 0 aliphatic carbocycles. The number of benzene rings is 1. The second-order valence-electron chi connectivity index (χ2n) is 9.51. The number of pyridine rings is 1. The van der Waals surface area contributed by atoms with Crippen LogP contribution in [-0.4, -0.2) is 50.0 Å². The number of hydrogen-bond donors (Lipinski definition) is 3. The van der Waals surface area contributed by atoms with Gasteiger partial charge in [0.25, 0.3) is 0 Å². The molecule has 1 aliphatic heterocycles. The molecule has 1 amide bonds. The van der Waals surface area contributed by atoms with Gasteiger partial charge in [-0.15, -0.1) is 0 Å². The van der Waals surface area contributed by atoms with Gasteiger partial charge in [0.2, 0.25) is 0 Å². The number of alkyl carbamates (subject to hydrolysis) is 1. The number of ether oxygens (including phenoxy) is 3. The smallest absolute Gasteiger partial charge is 0.407 e. The van der Waals surface area contributed by atoms with E-state index in [1.807, 2.05) is 52.0 Å². The molecule has 3 rings (SSSR count). The first-order valence-corrected chi connectivity index (χ1v) is 11.6. The highest BCUT2D eigenvalue weighted by atomic mass is 16.6. The minimum Gasteiger partial charge on any atom is -0.497 e. The number of aryl methyl sites for hydroxylation is 1. The summed E-state index contributed by atoms with van der Waals surface area (Å²) < 4.78 is 16.2. The van der Waals surface area contributed by atoms with E-state index in [4.69, 9.17) is 19.9 Å². The third kappa shape index (κ3) is 6.59. The number of methoxy groups -OCH3 is 2. The molecule has 1 unspecified atom stereocenters. The average Bonchev–Trinajstić information content (AvgIpc) is 2.78. The van der Waals surface area contributed by atoms with E-state index in [1.54, 1.807) is 14.2 Å². The van der Waals surface area contributed by atoms with E-state index in [2.05, 4.69) is 20.5 Å². The number of piperidine rings is 1. The molecular weight excluding hydrogens is 434 g/mol. The van der Waals surface area contributed by atoms with E-state index in [0.29, 0.717) is 24.6 Å². The number of rotatable bonds is 7. The summed E-state index contributed by atoms with van der Waals surface area (Å²) >= 11 is 0. The van der Waals surface area contributed by atoms with Gasteiger partial charge in [-0.3, -0.25) is 0 Å². The third-order valence-corrected chi connectivity index (χ3v) is 5.59. The van der Waals surface area contributed by atoms with Gasteiger partial charge in [0.15, 0.2) is 5.82 Å². The molecule has 1 aromatic heterocycles. The number of aromatic nitrogens is 1. The minimum absolute atomic E-state index is 0.0172. The van der Waals surface area contributed by atoms with Gasteiger partial charge >= 0.3 is 6.09 Å². The molecule has 0 spiro atoms. The van der Waals surface area contributed by atoms with Crippen molar-refractivity contribution in [1.82, 2.24) is 10.3 Å². The Morgan fingerprint density at radius 3 is 2.68 bits per heavy atom. The molecule has 34 heavy (non-hydrogen) atoms. The maximum atomic E-state index is 12.2. The van der Waals surface area contributed by atoms with Crippen molar-refractivity contribution in [2.75, 3.05) is 43.3 Å². The molecule has 2 heterocycles. The van der Waals surface area contributed by atoms with Crippen LogP contribution in [0.25, 0.3) is 0 Å². The van der Waals surface area contributed by atoms with Gasteiger partial charge in [-0.1, -0.05) is 0 Å². The molecule has 9 heteroatoms. The summed E-state index contributed by atoms with van der Waals surface area (Å²) in [5.41, 5.74) is 9.35. The minimum atomic E-state index is -0.530. The molecule has 0 radical (unpaired) electrons. The quantitative estimate of drug-likeness (QED) is 0.554. The number of carbonyl (C=O) groups excluding carboxylic acids is 1. The van der Waals surface area contributed by atoms with Crippen LogP contribution in [0.2, 0.25) is 0 Å². The van der Waals surface area contributed by atoms with Gasteiger partial charge < -0.3 is 35.5 Å². The second-order valence-corrected chi connectivity index (χ2v) is 9.51. The predicted molar refractivity (Wildman–Crippen MR) is 135 cm³/mol. The van der Waals surface area contributed by atoms with Crippen LogP contribution in [0.3, 0.4) is 0 Å². The van der Waals surface area contributed by atoms with E-state index in [1.165, 1.54) is 0 Å². The highest BCUT2D eigenvalue weighted by Gasteiger charge is 2.26. The van der Waals surface area contributed by atoms with Gasteiger partial charge in [0.05, 0.1) is 25.6 Å². The van der Waals surface area contributed by atoms with Crippen LogP contribution in [0.1, 0.15) is 44.9 Å². The first kappa shape index (κ1) is 25.3. The standard InChI is InChI=1S/C25H37N5O4/c1-16-12-20(30-11-7-8-18(15-30)29-24(31)34-25(2,3)4)22(26)23(28-16)27-14-17-9-10-19(32-5)13-21(17)33-6/h9-10,12-13,18H,7-8,11,14-15,26H2,1-6H3,(H,27,28)(H,29,31). The first-order valence-electron chi connectivity index (χ1n) is 11.6. The summed E-state index contributed by atoms with van der Waals surface area (Å²) in [6.45, 7) is 9.52. The van der Waals surface area contributed by atoms with Crippen LogP contribution >= 0.6 is 0 Å². The number of nitrogens with zero attached hydrogens (tertiary/aromatic N) is 2. The Labute approximate surface area is 202 Å². The number of nitrogens with two attached hydrogens (primary N) is 1. The summed E-state index contributed by atoms with van der Waals surface area (Å²) in [7, 11) is 3.26. The Balaban J connectivity index is 1.73. The van der Waals surface area contributed by atoms with Crippen molar-refractivity contribution >= 4 is 23.3 Å². The molecule has 9 nitrogen and oxygen atoms in total. The fraction of sp³-hybridized carbons (Fsp3) is 0.520. The maximum absolute atomic E-state index is 12.2. The summed E-state index contributed by atoms with van der Waals surface area (Å²) in [5.74, 6) is 2.08. The maximum Gasteiger partial charge on any atom is 0.407 e.